The molecule has 0 aromatic carbocycles. The first-order valence-electron chi connectivity index (χ1n) is 7.18. The molecule has 1 heterocycles. The van der Waals surface area contributed by atoms with Gasteiger partial charge < -0.3 is 10.0 Å². The molecule has 0 radical (unpaired) electrons. The maximum absolute atomic E-state index is 9.17. The average molecular weight is 225 g/mol. The van der Waals surface area contributed by atoms with Crippen LogP contribution in [0.5, 0.6) is 0 Å². The van der Waals surface area contributed by atoms with Crippen LogP contribution < -0.4 is 0 Å². The molecule has 94 valence electrons. The smallest absolute Gasteiger partial charge is 0.0471 e. The van der Waals surface area contributed by atoms with E-state index in [0.717, 1.165) is 18.5 Å². The lowest BCUT2D eigenvalue weighted by Gasteiger charge is -2.34. The van der Waals surface area contributed by atoms with Crippen LogP contribution in [0.25, 0.3) is 0 Å². The van der Waals surface area contributed by atoms with Gasteiger partial charge >= 0.3 is 0 Å². The van der Waals surface area contributed by atoms with E-state index in [1.165, 1.54) is 51.5 Å². The Labute approximate surface area is 100 Å². The monoisotopic (exact) mass is 225 g/mol. The number of aliphatic hydroxyl groups is 1. The number of aliphatic hydroxyl groups excluding tert-OH is 1. The zero-order valence-corrected chi connectivity index (χ0v) is 10.7. The number of hydrogen-bond donors (Lipinski definition) is 1. The van der Waals surface area contributed by atoms with Crippen molar-refractivity contribution in [3.8, 4) is 0 Å². The van der Waals surface area contributed by atoms with Gasteiger partial charge in [0.15, 0.2) is 0 Å². The molecule has 2 fully saturated rings. The molecular formula is C14H27NO. The molecule has 0 aromatic heterocycles. The Morgan fingerprint density at radius 1 is 1.06 bits per heavy atom. The normalized spacial score (nSPS) is 36.8. The van der Waals surface area contributed by atoms with E-state index in [1.54, 1.807) is 0 Å². The van der Waals surface area contributed by atoms with Gasteiger partial charge in [-0.25, -0.2) is 0 Å². The van der Waals surface area contributed by atoms with E-state index in [0.29, 0.717) is 12.5 Å². The van der Waals surface area contributed by atoms with Gasteiger partial charge in [0.1, 0.15) is 0 Å². The molecule has 1 aliphatic carbocycles. The van der Waals surface area contributed by atoms with Crippen LogP contribution in [0.4, 0.5) is 0 Å². The molecule has 1 aliphatic heterocycles. The lowest BCUT2D eigenvalue weighted by Crippen LogP contribution is -2.36. The summed E-state index contributed by atoms with van der Waals surface area (Å²) in [6, 6.07) is 0.838. The maximum Gasteiger partial charge on any atom is 0.0471 e. The first kappa shape index (κ1) is 12.4. The molecule has 1 unspecified atom stereocenters. The average Bonchev–Trinajstić information content (AvgIpc) is 2.79. The van der Waals surface area contributed by atoms with Crippen molar-refractivity contribution >= 4 is 0 Å². The summed E-state index contributed by atoms with van der Waals surface area (Å²) < 4.78 is 0. The van der Waals surface area contributed by atoms with Crippen LogP contribution in [0, 0.1) is 11.8 Å². The van der Waals surface area contributed by atoms with Gasteiger partial charge in [-0.3, -0.25) is 0 Å². The summed E-state index contributed by atoms with van der Waals surface area (Å²) in [7, 11) is 0. The largest absolute Gasteiger partial charge is 0.396 e. The van der Waals surface area contributed by atoms with Gasteiger partial charge in [-0.05, 0) is 50.5 Å². The summed E-state index contributed by atoms with van der Waals surface area (Å²) in [5.41, 5.74) is 0. The lowest BCUT2D eigenvalue weighted by molar-refractivity contribution is 0.147. The van der Waals surface area contributed by atoms with Crippen molar-refractivity contribution in [3.63, 3.8) is 0 Å². The molecule has 0 spiro atoms. The van der Waals surface area contributed by atoms with Crippen molar-refractivity contribution in [2.24, 2.45) is 11.8 Å². The van der Waals surface area contributed by atoms with Crippen molar-refractivity contribution < 1.29 is 5.11 Å². The Morgan fingerprint density at radius 3 is 2.38 bits per heavy atom. The molecule has 1 N–H and O–H groups in total. The van der Waals surface area contributed by atoms with Gasteiger partial charge in [-0.2, -0.15) is 0 Å². The highest BCUT2D eigenvalue weighted by Crippen LogP contribution is 2.32. The van der Waals surface area contributed by atoms with Crippen molar-refractivity contribution in [1.82, 2.24) is 4.90 Å². The van der Waals surface area contributed by atoms with Crippen LogP contribution in [-0.4, -0.2) is 35.7 Å². The van der Waals surface area contributed by atoms with Crippen LogP contribution in [0.2, 0.25) is 0 Å². The second kappa shape index (κ2) is 6.02. The standard InChI is InChI=1S/C14H27NO/c1-2-3-12-4-6-14(7-5-12)15-9-8-13(10-15)11-16/h12-14,16H,2-11H2,1H3. The minimum absolute atomic E-state index is 0.391. The zero-order chi connectivity index (χ0) is 11.4. The van der Waals surface area contributed by atoms with Crippen LogP contribution in [0.3, 0.4) is 0 Å². The first-order chi connectivity index (χ1) is 7.83. The first-order valence-corrected chi connectivity index (χ1v) is 7.18. The quantitative estimate of drug-likeness (QED) is 0.795. The fourth-order valence-corrected chi connectivity index (χ4v) is 3.55. The van der Waals surface area contributed by atoms with E-state index >= 15 is 0 Å². The van der Waals surface area contributed by atoms with Crippen LogP contribution in [-0.2, 0) is 0 Å². The van der Waals surface area contributed by atoms with E-state index in [-0.39, 0.29) is 0 Å². The van der Waals surface area contributed by atoms with Gasteiger partial charge in [0.2, 0.25) is 0 Å². The maximum atomic E-state index is 9.17. The Balaban J connectivity index is 1.72. The molecule has 2 rings (SSSR count). The fourth-order valence-electron chi connectivity index (χ4n) is 3.55. The van der Waals surface area contributed by atoms with Gasteiger partial charge in [0.05, 0.1) is 0 Å². The molecule has 1 saturated carbocycles. The van der Waals surface area contributed by atoms with Gasteiger partial charge in [0, 0.05) is 19.2 Å². The molecule has 0 bridgehead atoms. The Bertz CT molecular complexity index is 199. The summed E-state index contributed by atoms with van der Waals surface area (Å²) >= 11 is 0. The number of nitrogens with zero attached hydrogens (tertiary/aromatic N) is 1. The van der Waals surface area contributed by atoms with Crippen LogP contribution >= 0.6 is 0 Å². The summed E-state index contributed by atoms with van der Waals surface area (Å²) in [6.07, 6.45) is 9.70. The predicted molar refractivity (Wildman–Crippen MR) is 67.4 cm³/mol. The number of hydrogen-bond acceptors (Lipinski definition) is 2. The second-order valence-electron chi connectivity index (χ2n) is 5.80. The molecule has 2 heteroatoms. The van der Waals surface area contributed by atoms with Gasteiger partial charge in [-0.1, -0.05) is 19.8 Å². The highest BCUT2D eigenvalue weighted by atomic mass is 16.3. The summed E-state index contributed by atoms with van der Waals surface area (Å²) in [5, 5.41) is 9.17. The van der Waals surface area contributed by atoms with Crippen molar-refractivity contribution in [1.29, 1.82) is 0 Å². The van der Waals surface area contributed by atoms with Crippen molar-refractivity contribution in [3.05, 3.63) is 0 Å². The fraction of sp³-hybridized carbons (Fsp3) is 1.00. The molecule has 2 nitrogen and oxygen atoms in total. The number of rotatable bonds is 4. The van der Waals surface area contributed by atoms with E-state index in [2.05, 4.69) is 11.8 Å². The summed E-state index contributed by atoms with van der Waals surface area (Å²) in [4.78, 5) is 2.64. The molecular weight excluding hydrogens is 198 g/mol. The summed E-state index contributed by atoms with van der Waals surface area (Å²) in [5.74, 6) is 1.57. The Kier molecular flexibility index (Phi) is 4.66. The molecule has 0 amide bonds. The highest BCUT2D eigenvalue weighted by molar-refractivity contribution is 4.84. The minimum atomic E-state index is 0.391. The predicted octanol–water partition coefficient (Wildman–Crippen LogP) is 2.66. The topological polar surface area (TPSA) is 23.5 Å². The van der Waals surface area contributed by atoms with E-state index in [1.807, 2.05) is 0 Å². The third-order valence-corrected chi connectivity index (χ3v) is 4.61. The Morgan fingerprint density at radius 2 is 1.81 bits per heavy atom. The molecule has 1 saturated heterocycles. The molecule has 0 aromatic rings. The minimum Gasteiger partial charge on any atom is -0.396 e. The third kappa shape index (κ3) is 2.98. The second-order valence-corrected chi connectivity index (χ2v) is 5.80. The third-order valence-electron chi connectivity index (χ3n) is 4.61. The van der Waals surface area contributed by atoms with Crippen LogP contribution in [0.1, 0.15) is 51.9 Å². The zero-order valence-electron chi connectivity index (χ0n) is 10.7. The van der Waals surface area contributed by atoms with Crippen LogP contribution in [0.15, 0.2) is 0 Å². The Hall–Kier alpha value is -0.0800. The van der Waals surface area contributed by atoms with E-state index in [4.69, 9.17) is 5.11 Å². The SMILES string of the molecule is CCCC1CCC(N2CCC(CO)C2)CC1. The van der Waals surface area contributed by atoms with E-state index in [9.17, 15) is 0 Å². The van der Waals surface area contributed by atoms with Crippen molar-refractivity contribution in [2.45, 2.75) is 57.9 Å². The van der Waals surface area contributed by atoms with Crippen molar-refractivity contribution in [2.75, 3.05) is 19.7 Å². The van der Waals surface area contributed by atoms with E-state index < -0.39 is 0 Å². The lowest BCUT2D eigenvalue weighted by atomic mass is 9.83. The molecule has 16 heavy (non-hydrogen) atoms. The number of likely N-dealkylation sites (tertiary alicyclic amines) is 1. The highest BCUT2D eigenvalue weighted by Gasteiger charge is 2.30. The molecule has 2 aliphatic rings. The summed E-state index contributed by atoms with van der Waals surface area (Å²) in [6.45, 7) is 5.08. The molecule has 1 atom stereocenters. The van der Waals surface area contributed by atoms with Gasteiger partial charge in [-0.15, -0.1) is 0 Å². The van der Waals surface area contributed by atoms with Gasteiger partial charge in [0.25, 0.3) is 0 Å².